The van der Waals surface area contributed by atoms with E-state index in [1.165, 1.54) is 10.4 Å². The van der Waals surface area contributed by atoms with Crippen molar-refractivity contribution >= 4 is 22.4 Å². The molecule has 2 heterocycles. The lowest BCUT2D eigenvalue weighted by atomic mass is 10.2. The Morgan fingerprint density at radius 3 is 2.94 bits per heavy atom. The number of nitrogens with two attached hydrogens (primary N) is 1. The molecule has 0 saturated heterocycles. The Hall–Kier alpha value is -1.65. The first-order chi connectivity index (χ1) is 8.75. The summed E-state index contributed by atoms with van der Waals surface area (Å²) in [4.78, 5) is 5.64. The highest BCUT2D eigenvalue weighted by Gasteiger charge is 2.12. The Morgan fingerprint density at radius 2 is 2.17 bits per heavy atom. The highest BCUT2D eigenvalue weighted by molar-refractivity contribution is 7.10. The molecule has 3 aromatic rings. The number of imidazole rings is 1. The van der Waals surface area contributed by atoms with Crippen LogP contribution in [0.1, 0.15) is 16.5 Å². The second-order valence-corrected chi connectivity index (χ2v) is 5.41. The first-order valence-electron chi connectivity index (χ1n) is 5.95. The Kier molecular flexibility index (Phi) is 2.89. The molecule has 0 spiro atoms. The molecule has 2 N–H and O–H groups in total. The number of hydrogen-bond donors (Lipinski definition) is 1. The van der Waals surface area contributed by atoms with E-state index in [9.17, 15) is 0 Å². The second kappa shape index (κ2) is 4.55. The van der Waals surface area contributed by atoms with Gasteiger partial charge in [0.1, 0.15) is 0 Å². The van der Waals surface area contributed by atoms with Crippen molar-refractivity contribution in [2.75, 3.05) is 0 Å². The molecule has 0 radical (unpaired) electrons. The molecule has 18 heavy (non-hydrogen) atoms. The van der Waals surface area contributed by atoms with E-state index in [0.717, 1.165) is 17.6 Å². The van der Waals surface area contributed by atoms with Crippen LogP contribution >= 0.6 is 11.3 Å². The van der Waals surface area contributed by atoms with E-state index >= 15 is 0 Å². The number of fused-ring (bicyclic) bond motifs is 1. The predicted molar refractivity (Wildman–Crippen MR) is 75.7 cm³/mol. The van der Waals surface area contributed by atoms with Crippen molar-refractivity contribution < 1.29 is 0 Å². The molecule has 3 nitrogen and oxygen atoms in total. The Balaban J connectivity index is 1.91. The summed E-state index contributed by atoms with van der Waals surface area (Å²) in [5.74, 6) is 0. The third-order valence-corrected chi connectivity index (χ3v) is 4.31. The maximum absolute atomic E-state index is 6.28. The van der Waals surface area contributed by atoms with Crippen molar-refractivity contribution in [2.45, 2.75) is 19.5 Å². The molecule has 2 aromatic heterocycles. The lowest BCUT2D eigenvalue weighted by molar-refractivity contribution is 0.594. The van der Waals surface area contributed by atoms with Crippen molar-refractivity contribution in [3.05, 3.63) is 52.5 Å². The fraction of sp³-hybridized carbons (Fsp3) is 0.214. The summed E-state index contributed by atoms with van der Waals surface area (Å²) >= 11 is 1.73. The molecular weight excluding hydrogens is 242 g/mol. The summed E-state index contributed by atoms with van der Waals surface area (Å²) in [6.45, 7) is 2.87. The number of hydrogen-bond acceptors (Lipinski definition) is 3. The number of aryl methyl sites for hydroxylation is 1. The molecule has 0 aliphatic rings. The zero-order valence-corrected chi connectivity index (χ0v) is 11.0. The maximum atomic E-state index is 6.28. The second-order valence-electron chi connectivity index (χ2n) is 4.46. The van der Waals surface area contributed by atoms with E-state index in [1.807, 2.05) is 24.5 Å². The van der Waals surface area contributed by atoms with Gasteiger partial charge >= 0.3 is 0 Å². The first-order valence-corrected chi connectivity index (χ1v) is 6.83. The van der Waals surface area contributed by atoms with Gasteiger partial charge in [-0.1, -0.05) is 12.1 Å². The van der Waals surface area contributed by atoms with Crippen LogP contribution in [0.3, 0.4) is 0 Å². The SMILES string of the molecule is Cc1ccsc1C(N)Cn1cnc2ccccc21. The van der Waals surface area contributed by atoms with Crippen molar-refractivity contribution in [3.8, 4) is 0 Å². The number of rotatable bonds is 3. The van der Waals surface area contributed by atoms with Crippen LogP contribution in [-0.4, -0.2) is 9.55 Å². The van der Waals surface area contributed by atoms with Crippen LogP contribution in [0.4, 0.5) is 0 Å². The van der Waals surface area contributed by atoms with Gasteiger partial charge in [-0.3, -0.25) is 0 Å². The molecule has 1 aromatic carbocycles. The minimum Gasteiger partial charge on any atom is -0.329 e. The maximum Gasteiger partial charge on any atom is 0.0958 e. The van der Waals surface area contributed by atoms with Crippen LogP contribution < -0.4 is 5.73 Å². The predicted octanol–water partition coefficient (Wildman–Crippen LogP) is 3.11. The monoisotopic (exact) mass is 257 g/mol. The van der Waals surface area contributed by atoms with Gasteiger partial charge in [-0.25, -0.2) is 4.98 Å². The quantitative estimate of drug-likeness (QED) is 0.783. The number of thiophene rings is 1. The Bertz CT molecular complexity index is 668. The molecule has 92 valence electrons. The summed E-state index contributed by atoms with van der Waals surface area (Å²) in [7, 11) is 0. The van der Waals surface area contributed by atoms with Gasteiger partial charge in [0.25, 0.3) is 0 Å². The molecule has 0 fully saturated rings. The van der Waals surface area contributed by atoms with Gasteiger partial charge in [-0.15, -0.1) is 11.3 Å². The lowest BCUT2D eigenvalue weighted by Crippen LogP contribution is -2.16. The van der Waals surface area contributed by atoms with Crippen molar-refractivity contribution in [2.24, 2.45) is 5.73 Å². The first kappa shape index (κ1) is 11.4. The summed E-state index contributed by atoms with van der Waals surface area (Å²) in [6, 6.07) is 10.3. The number of benzene rings is 1. The average molecular weight is 257 g/mol. The van der Waals surface area contributed by atoms with E-state index in [4.69, 9.17) is 5.73 Å². The number of para-hydroxylation sites is 2. The average Bonchev–Trinajstić information content (AvgIpc) is 2.97. The third kappa shape index (κ3) is 1.94. The van der Waals surface area contributed by atoms with Gasteiger partial charge in [0, 0.05) is 11.4 Å². The lowest BCUT2D eigenvalue weighted by Gasteiger charge is -2.12. The van der Waals surface area contributed by atoms with Crippen molar-refractivity contribution in [1.29, 1.82) is 0 Å². The van der Waals surface area contributed by atoms with Crippen LogP contribution in [-0.2, 0) is 6.54 Å². The van der Waals surface area contributed by atoms with Gasteiger partial charge in [-0.05, 0) is 36.1 Å². The minimum absolute atomic E-state index is 0.0302. The van der Waals surface area contributed by atoms with E-state index in [1.54, 1.807) is 11.3 Å². The summed E-state index contributed by atoms with van der Waals surface area (Å²) in [6.07, 6.45) is 1.87. The number of nitrogens with zero attached hydrogens (tertiary/aromatic N) is 2. The topological polar surface area (TPSA) is 43.8 Å². The molecule has 0 aliphatic carbocycles. The molecule has 3 rings (SSSR count). The Morgan fingerprint density at radius 1 is 1.33 bits per heavy atom. The van der Waals surface area contributed by atoms with Crippen LogP contribution in [0, 0.1) is 6.92 Å². The highest BCUT2D eigenvalue weighted by atomic mass is 32.1. The molecule has 0 saturated carbocycles. The van der Waals surface area contributed by atoms with Crippen molar-refractivity contribution in [3.63, 3.8) is 0 Å². The highest BCUT2D eigenvalue weighted by Crippen LogP contribution is 2.24. The van der Waals surface area contributed by atoms with Gasteiger partial charge in [-0.2, -0.15) is 0 Å². The normalized spacial score (nSPS) is 13.0. The molecule has 0 bridgehead atoms. The van der Waals surface area contributed by atoms with E-state index in [-0.39, 0.29) is 6.04 Å². The number of aromatic nitrogens is 2. The van der Waals surface area contributed by atoms with Gasteiger partial charge < -0.3 is 10.3 Å². The molecule has 0 aliphatic heterocycles. The fourth-order valence-corrected chi connectivity index (χ4v) is 3.14. The van der Waals surface area contributed by atoms with Crippen molar-refractivity contribution in [1.82, 2.24) is 9.55 Å². The van der Waals surface area contributed by atoms with Gasteiger partial charge in [0.2, 0.25) is 0 Å². The molecule has 1 unspecified atom stereocenters. The van der Waals surface area contributed by atoms with Crippen LogP contribution in [0.5, 0.6) is 0 Å². The fourth-order valence-electron chi connectivity index (χ4n) is 2.21. The minimum atomic E-state index is 0.0302. The van der Waals surface area contributed by atoms with E-state index in [2.05, 4.69) is 34.0 Å². The molecule has 0 amide bonds. The zero-order chi connectivity index (χ0) is 12.5. The molecule has 4 heteroatoms. The third-order valence-electron chi connectivity index (χ3n) is 3.16. The molecule has 1 atom stereocenters. The van der Waals surface area contributed by atoms with Crippen LogP contribution in [0.25, 0.3) is 11.0 Å². The summed E-state index contributed by atoms with van der Waals surface area (Å²) < 4.78 is 2.12. The van der Waals surface area contributed by atoms with Crippen LogP contribution in [0.15, 0.2) is 42.0 Å². The largest absolute Gasteiger partial charge is 0.329 e. The van der Waals surface area contributed by atoms with Gasteiger partial charge in [0.05, 0.1) is 23.4 Å². The summed E-state index contributed by atoms with van der Waals surface area (Å²) in [5, 5.41) is 2.09. The standard InChI is InChI=1S/C14H15N3S/c1-10-6-7-18-14(10)11(15)8-17-9-16-12-4-2-3-5-13(12)17/h2-7,9,11H,8,15H2,1H3. The smallest absolute Gasteiger partial charge is 0.0958 e. The molecular formula is C14H15N3S. The Labute approximate surface area is 110 Å². The van der Waals surface area contributed by atoms with Crippen LogP contribution in [0.2, 0.25) is 0 Å². The van der Waals surface area contributed by atoms with Gasteiger partial charge in [0.15, 0.2) is 0 Å². The van der Waals surface area contributed by atoms with E-state index in [0.29, 0.717) is 0 Å². The van der Waals surface area contributed by atoms with E-state index < -0.39 is 0 Å². The zero-order valence-electron chi connectivity index (χ0n) is 10.2. The summed E-state index contributed by atoms with van der Waals surface area (Å²) in [5.41, 5.74) is 9.72.